The Balaban J connectivity index is 0.961. The van der Waals surface area contributed by atoms with Gasteiger partial charge in [0.2, 0.25) is 11.9 Å². The van der Waals surface area contributed by atoms with Crippen molar-refractivity contribution in [3.8, 4) is 5.75 Å². The van der Waals surface area contributed by atoms with Crippen LogP contribution in [-0.4, -0.2) is 86.1 Å². The molecular weight excluding hydrogens is 634 g/mol. The maximum Gasteiger partial charge on any atom is 0.328 e. The van der Waals surface area contributed by atoms with Gasteiger partial charge in [-0.3, -0.25) is 24.0 Å². The Morgan fingerprint density at radius 1 is 1.06 bits per heavy atom. The van der Waals surface area contributed by atoms with Crippen LogP contribution in [0, 0.1) is 6.92 Å². The van der Waals surface area contributed by atoms with E-state index in [1.54, 1.807) is 24.3 Å². The Labute approximate surface area is 280 Å². The molecule has 5 heterocycles. The van der Waals surface area contributed by atoms with Gasteiger partial charge in [-0.05, 0) is 68.9 Å². The lowest BCUT2D eigenvalue weighted by Gasteiger charge is -2.43. The predicted octanol–water partition coefficient (Wildman–Crippen LogP) is 2.60. The fourth-order valence-corrected chi connectivity index (χ4v) is 7.87. The first-order valence-electron chi connectivity index (χ1n) is 16.5. The second kappa shape index (κ2) is 13.5. The molecule has 4 amide bonds. The van der Waals surface area contributed by atoms with Crippen LogP contribution >= 0.6 is 0 Å². The zero-order valence-electron chi connectivity index (χ0n) is 26.9. The summed E-state index contributed by atoms with van der Waals surface area (Å²) in [6, 6.07) is 6.35. The number of aryl methyl sites for hydroxylation is 2. The number of piperidine rings is 1. The number of hydrogen-bond acceptors (Lipinski definition) is 11. The molecule has 1 saturated carbocycles. The number of aromatic nitrogens is 4. The number of ether oxygens (including phenoxy) is 1. The van der Waals surface area contributed by atoms with Gasteiger partial charge in [-0.2, -0.15) is 4.98 Å². The molecule has 15 heteroatoms. The number of benzene rings is 1. The Bertz CT molecular complexity index is 1720. The summed E-state index contributed by atoms with van der Waals surface area (Å²) in [5.41, 5.74) is 2.11. The minimum atomic E-state index is -1.18. The third kappa shape index (κ3) is 6.82. The van der Waals surface area contributed by atoms with E-state index in [9.17, 15) is 18.6 Å². The van der Waals surface area contributed by atoms with Gasteiger partial charge < -0.3 is 20.3 Å². The fourth-order valence-electron chi connectivity index (χ4n) is 6.56. The first-order chi connectivity index (χ1) is 23.2. The fraction of sp³-hybridized carbons (Fsp3) is 0.485. The number of carbonyl (C=O) groups excluding carboxylic acids is 3. The molecule has 252 valence electrons. The first kappa shape index (κ1) is 31.9. The minimum absolute atomic E-state index is 0.172. The molecule has 2 aromatic heterocycles. The maximum absolute atomic E-state index is 13.1. The number of nitrogens with one attached hydrogen (secondary N) is 3. The molecule has 3 aromatic rings. The highest BCUT2D eigenvalue weighted by Gasteiger charge is 2.40. The number of rotatable bonds is 10. The number of nitrogens with zero attached hydrogens (tertiary/aromatic N) is 6. The summed E-state index contributed by atoms with van der Waals surface area (Å²) in [5.74, 6) is 2.89. The van der Waals surface area contributed by atoms with E-state index in [0.717, 1.165) is 62.3 Å². The Morgan fingerprint density at radius 3 is 2.50 bits per heavy atom. The minimum Gasteiger partial charge on any atom is -0.484 e. The molecule has 14 nitrogen and oxygen atoms in total. The lowest BCUT2D eigenvalue weighted by molar-refractivity contribution is -0.123. The molecule has 0 bridgehead atoms. The highest BCUT2D eigenvalue weighted by Crippen LogP contribution is 2.39. The van der Waals surface area contributed by atoms with Crippen LogP contribution in [0.2, 0.25) is 0 Å². The monoisotopic (exact) mass is 673 g/mol. The van der Waals surface area contributed by atoms with Crippen LogP contribution in [0.25, 0.3) is 0 Å². The predicted molar refractivity (Wildman–Crippen MR) is 179 cm³/mol. The van der Waals surface area contributed by atoms with E-state index in [2.05, 4.69) is 30.8 Å². The molecule has 4 aliphatic rings. The average Bonchev–Trinajstić information content (AvgIpc) is 3.46. The smallest absolute Gasteiger partial charge is 0.328 e. The van der Waals surface area contributed by atoms with Crippen LogP contribution in [-0.2, 0) is 26.8 Å². The van der Waals surface area contributed by atoms with Crippen molar-refractivity contribution in [1.29, 1.82) is 0 Å². The van der Waals surface area contributed by atoms with Gasteiger partial charge in [0.15, 0.2) is 6.61 Å². The normalized spacial score (nSPS) is 20.5. The van der Waals surface area contributed by atoms with Crippen molar-refractivity contribution in [2.75, 3.05) is 53.7 Å². The van der Waals surface area contributed by atoms with Crippen molar-refractivity contribution in [1.82, 2.24) is 30.6 Å². The van der Waals surface area contributed by atoms with Gasteiger partial charge >= 0.3 is 6.03 Å². The van der Waals surface area contributed by atoms with Gasteiger partial charge in [0, 0.05) is 68.8 Å². The first-order valence-corrected chi connectivity index (χ1v) is 17.8. The SMILES string of the molecule is Cc1cnc(C2CCN(c3nc4c(c(NC5(CNC(=O)COc6ccc(N7CCC(=O)NC7=O)cc6)CCC5)n3)S(=O)CC4)CC2)nc1. The van der Waals surface area contributed by atoms with Gasteiger partial charge in [-0.15, -0.1) is 0 Å². The number of anilines is 3. The number of urea groups is 1. The molecule has 48 heavy (non-hydrogen) atoms. The maximum atomic E-state index is 13.1. The highest BCUT2D eigenvalue weighted by atomic mass is 32.2. The molecule has 1 aromatic carbocycles. The van der Waals surface area contributed by atoms with E-state index in [4.69, 9.17) is 14.7 Å². The molecule has 0 radical (unpaired) electrons. The van der Waals surface area contributed by atoms with Gasteiger partial charge in [0.25, 0.3) is 5.91 Å². The zero-order chi connectivity index (χ0) is 33.3. The summed E-state index contributed by atoms with van der Waals surface area (Å²) in [6.45, 7) is 4.06. The largest absolute Gasteiger partial charge is 0.484 e. The number of fused-ring (bicyclic) bond motifs is 1. The summed E-state index contributed by atoms with van der Waals surface area (Å²) >= 11 is 0. The van der Waals surface area contributed by atoms with Crippen LogP contribution < -0.4 is 30.5 Å². The Morgan fingerprint density at radius 2 is 1.81 bits per heavy atom. The molecule has 2 saturated heterocycles. The summed E-state index contributed by atoms with van der Waals surface area (Å²) in [5, 5.41) is 8.92. The van der Waals surface area contributed by atoms with Crippen LogP contribution in [0.5, 0.6) is 5.75 Å². The molecule has 3 aliphatic heterocycles. The summed E-state index contributed by atoms with van der Waals surface area (Å²) in [4.78, 5) is 59.6. The zero-order valence-corrected chi connectivity index (χ0v) is 27.7. The van der Waals surface area contributed by atoms with Crippen molar-refractivity contribution >= 4 is 46.1 Å². The van der Waals surface area contributed by atoms with E-state index >= 15 is 0 Å². The Hall–Kier alpha value is -4.66. The van der Waals surface area contributed by atoms with E-state index in [1.165, 1.54) is 4.90 Å². The third-order valence-electron chi connectivity index (χ3n) is 9.51. The number of hydrogen-bond donors (Lipinski definition) is 3. The van der Waals surface area contributed by atoms with E-state index in [1.807, 2.05) is 19.3 Å². The van der Waals surface area contributed by atoms with Crippen LogP contribution in [0.4, 0.5) is 22.2 Å². The van der Waals surface area contributed by atoms with Crippen LogP contribution in [0.3, 0.4) is 0 Å². The molecule has 1 unspecified atom stereocenters. The summed E-state index contributed by atoms with van der Waals surface area (Å²) in [7, 11) is -1.18. The van der Waals surface area contributed by atoms with Gasteiger partial charge in [-0.25, -0.2) is 19.7 Å². The third-order valence-corrected chi connectivity index (χ3v) is 11.0. The topological polar surface area (TPSA) is 172 Å². The van der Waals surface area contributed by atoms with E-state index < -0.39 is 22.4 Å². The average molecular weight is 674 g/mol. The van der Waals surface area contributed by atoms with Gasteiger partial charge in [0.1, 0.15) is 22.3 Å². The highest BCUT2D eigenvalue weighted by molar-refractivity contribution is 7.85. The lowest BCUT2D eigenvalue weighted by Crippen LogP contribution is -2.54. The van der Waals surface area contributed by atoms with Crippen LogP contribution in [0.1, 0.15) is 61.5 Å². The van der Waals surface area contributed by atoms with E-state index in [-0.39, 0.29) is 24.8 Å². The molecule has 7 rings (SSSR count). The second-order valence-corrected chi connectivity index (χ2v) is 14.4. The molecular formula is C33H39N9O5S. The molecule has 1 atom stereocenters. The van der Waals surface area contributed by atoms with Crippen molar-refractivity contribution in [2.24, 2.45) is 0 Å². The van der Waals surface area contributed by atoms with Gasteiger partial charge in [-0.1, -0.05) is 0 Å². The number of amides is 4. The Kier molecular flexibility index (Phi) is 8.94. The van der Waals surface area contributed by atoms with Crippen molar-refractivity contribution in [3.05, 3.63) is 53.7 Å². The molecule has 3 N–H and O–H groups in total. The molecule has 1 aliphatic carbocycles. The summed E-state index contributed by atoms with van der Waals surface area (Å²) in [6.07, 6.45) is 9.11. The molecule has 0 spiro atoms. The number of carbonyl (C=O) groups is 3. The quantitative estimate of drug-likeness (QED) is 0.289. The van der Waals surface area contributed by atoms with Crippen molar-refractivity contribution in [2.45, 2.75) is 68.2 Å². The molecule has 3 fully saturated rings. The standard InChI is InChI=1S/C33H39N9O5S/c1-21-17-34-29(35-18-21)22-7-13-41(14-8-22)31-37-25-10-16-48(46)28(25)30(39-31)40-33(11-2-12-33)20-36-27(44)19-47-24-5-3-23(4-6-24)42-15-9-26(43)38-32(42)45/h3-6,17-18,22H,2,7-16,19-20H2,1H3,(H,36,44)(H,37,39,40)(H,38,43,45). The van der Waals surface area contributed by atoms with Crippen LogP contribution in [0.15, 0.2) is 41.6 Å². The summed E-state index contributed by atoms with van der Waals surface area (Å²) < 4.78 is 18.8. The van der Waals surface area contributed by atoms with E-state index in [0.29, 0.717) is 59.3 Å². The second-order valence-electron chi connectivity index (χ2n) is 12.9. The van der Waals surface area contributed by atoms with Crippen molar-refractivity contribution in [3.63, 3.8) is 0 Å². The van der Waals surface area contributed by atoms with Gasteiger partial charge in [0.05, 0.1) is 22.0 Å². The lowest BCUT2D eigenvalue weighted by atomic mass is 9.76. The van der Waals surface area contributed by atoms with Crippen molar-refractivity contribution < 1.29 is 23.3 Å². The number of imide groups is 1.